The van der Waals surface area contributed by atoms with Crippen LogP contribution in [0.5, 0.6) is 0 Å². The van der Waals surface area contributed by atoms with E-state index in [9.17, 15) is 14.9 Å². The fourth-order valence-corrected chi connectivity index (χ4v) is 3.03. The second kappa shape index (κ2) is 9.46. The van der Waals surface area contributed by atoms with E-state index in [1.807, 2.05) is 60.7 Å². The molecule has 0 heterocycles. The summed E-state index contributed by atoms with van der Waals surface area (Å²) in [6, 6.07) is 25.5. The fraction of sp³-hybridized carbons (Fsp3) is 0.125. The third-order valence-electron chi connectivity index (χ3n) is 4.66. The maximum Gasteiger partial charge on any atom is 0.270 e. The summed E-state index contributed by atoms with van der Waals surface area (Å²) in [5, 5.41) is 14.1. The van der Waals surface area contributed by atoms with Gasteiger partial charge in [0.25, 0.3) is 11.6 Å². The maximum atomic E-state index is 13.0. The van der Waals surface area contributed by atoms with Crippen LogP contribution in [0.2, 0.25) is 0 Å². The van der Waals surface area contributed by atoms with Gasteiger partial charge in [-0.15, -0.1) is 0 Å². The van der Waals surface area contributed by atoms with Gasteiger partial charge < -0.3 is 5.32 Å². The molecule has 3 aromatic carbocycles. The second-order valence-electron chi connectivity index (χ2n) is 6.80. The number of hydrogen-bond acceptors (Lipinski definition) is 3. The van der Waals surface area contributed by atoms with E-state index in [4.69, 9.17) is 0 Å². The second-order valence-corrected chi connectivity index (χ2v) is 6.80. The molecule has 5 heteroatoms. The number of nitrogens with one attached hydrogen (secondary N) is 1. The molecule has 0 fully saturated rings. The topological polar surface area (TPSA) is 72.2 Å². The van der Waals surface area contributed by atoms with Gasteiger partial charge in [-0.05, 0) is 28.7 Å². The predicted molar refractivity (Wildman–Crippen MR) is 115 cm³/mol. The number of nitro benzene ring substituents is 1. The zero-order chi connectivity index (χ0) is 20.6. The van der Waals surface area contributed by atoms with Crippen molar-refractivity contribution < 1.29 is 9.72 Å². The van der Waals surface area contributed by atoms with Crippen molar-refractivity contribution in [3.63, 3.8) is 0 Å². The van der Waals surface area contributed by atoms with Crippen LogP contribution in [0.3, 0.4) is 0 Å². The normalized spacial score (nSPS) is 12.2. The first-order valence-corrected chi connectivity index (χ1v) is 9.39. The Labute approximate surface area is 169 Å². The number of carbonyl (C=O) groups is 1. The van der Waals surface area contributed by atoms with E-state index in [1.54, 1.807) is 18.2 Å². The molecule has 1 amide bonds. The Morgan fingerprint density at radius 3 is 2.31 bits per heavy atom. The van der Waals surface area contributed by atoms with E-state index in [2.05, 4.69) is 12.2 Å². The molecule has 0 radical (unpaired) electrons. The molecule has 0 aliphatic rings. The molecule has 0 spiro atoms. The maximum absolute atomic E-state index is 13.0. The van der Waals surface area contributed by atoms with Gasteiger partial charge >= 0.3 is 0 Å². The van der Waals surface area contributed by atoms with Gasteiger partial charge in [0.1, 0.15) is 0 Å². The van der Waals surface area contributed by atoms with Crippen LogP contribution in [-0.2, 0) is 4.79 Å². The minimum absolute atomic E-state index is 0.00994. The predicted octanol–water partition coefficient (Wildman–Crippen LogP) is 5.06. The van der Waals surface area contributed by atoms with Crippen LogP contribution in [0.25, 0.3) is 11.6 Å². The van der Waals surface area contributed by atoms with Crippen molar-refractivity contribution in [3.8, 4) is 0 Å². The van der Waals surface area contributed by atoms with Crippen LogP contribution in [-0.4, -0.2) is 17.4 Å². The highest BCUT2D eigenvalue weighted by Crippen LogP contribution is 2.22. The van der Waals surface area contributed by atoms with Crippen LogP contribution in [0.4, 0.5) is 5.69 Å². The molecule has 0 aliphatic carbocycles. The number of rotatable bonds is 7. The molecule has 146 valence electrons. The summed E-state index contributed by atoms with van der Waals surface area (Å²) in [4.78, 5) is 23.6. The lowest BCUT2D eigenvalue weighted by molar-refractivity contribution is -0.384. The van der Waals surface area contributed by atoms with Gasteiger partial charge in [0, 0.05) is 24.3 Å². The smallest absolute Gasteiger partial charge is 0.270 e. The molecule has 0 aliphatic heterocycles. The Balaban J connectivity index is 1.85. The summed E-state index contributed by atoms with van der Waals surface area (Å²) >= 11 is 0. The van der Waals surface area contributed by atoms with Crippen LogP contribution in [0.1, 0.15) is 29.5 Å². The molecule has 5 nitrogen and oxygen atoms in total. The van der Waals surface area contributed by atoms with Crippen LogP contribution >= 0.6 is 0 Å². The van der Waals surface area contributed by atoms with Gasteiger partial charge in [0.2, 0.25) is 0 Å². The summed E-state index contributed by atoms with van der Waals surface area (Å²) in [6.45, 7) is 2.55. The van der Waals surface area contributed by atoms with E-state index in [1.165, 1.54) is 12.1 Å². The van der Waals surface area contributed by atoms with E-state index in [0.29, 0.717) is 17.7 Å². The highest BCUT2D eigenvalue weighted by molar-refractivity contribution is 6.24. The third kappa shape index (κ3) is 5.39. The zero-order valence-electron chi connectivity index (χ0n) is 16.1. The Kier molecular flexibility index (Phi) is 6.53. The quantitative estimate of drug-likeness (QED) is 0.267. The molecule has 3 aromatic rings. The van der Waals surface area contributed by atoms with E-state index >= 15 is 0 Å². The number of benzene rings is 3. The van der Waals surface area contributed by atoms with Gasteiger partial charge in [0.15, 0.2) is 0 Å². The van der Waals surface area contributed by atoms with Gasteiger partial charge in [-0.1, -0.05) is 79.7 Å². The summed E-state index contributed by atoms with van der Waals surface area (Å²) in [6.07, 6.45) is 1.69. The standard InChI is InChI=1S/C24H22N2O3/c1-18(20-10-4-2-5-11-20)17-25-24(27)23(21-12-6-3-7-13-21)16-19-9-8-14-22(15-19)26(28)29/h2-16,18H,17H2,1H3,(H,25,27)/b23-16+/t18-/m1/s1. The molecule has 0 saturated heterocycles. The van der Waals surface area contributed by atoms with Crippen molar-refractivity contribution in [2.45, 2.75) is 12.8 Å². The summed E-state index contributed by atoms with van der Waals surface area (Å²) < 4.78 is 0. The summed E-state index contributed by atoms with van der Waals surface area (Å²) in [5.41, 5.74) is 2.96. The first-order valence-electron chi connectivity index (χ1n) is 9.39. The first kappa shape index (κ1) is 20.0. The highest BCUT2D eigenvalue weighted by atomic mass is 16.6. The minimum Gasteiger partial charge on any atom is -0.351 e. The Morgan fingerprint density at radius 1 is 1.00 bits per heavy atom. The number of hydrogen-bond donors (Lipinski definition) is 1. The fourth-order valence-electron chi connectivity index (χ4n) is 3.03. The summed E-state index contributed by atoms with van der Waals surface area (Å²) in [5.74, 6) is -0.0551. The van der Waals surface area contributed by atoms with Crippen molar-refractivity contribution in [1.29, 1.82) is 0 Å². The number of nitrogens with zero attached hydrogens (tertiary/aromatic N) is 1. The van der Waals surface area contributed by atoms with Crippen LogP contribution < -0.4 is 5.32 Å². The van der Waals surface area contributed by atoms with E-state index in [-0.39, 0.29) is 17.5 Å². The Hall–Kier alpha value is -3.73. The number of amides is 1. The van der Waals surface area contributed by atoms with Crippen molar-refractivity contribution in [2.24, 2.45) is 0 Å². The minimum atomic E-state index is -0.443. The first-order chi connectivity index (χ1) is 14.0. The molecule has 1 atom stereocenters. The summed E-state index contributed by atoms with van der Waals surface area (Å²) in [7, 11) is 0. The van der Waals surface area contributed by atoms with Crippen molar-refractivity contribution >= 4 is 23.2 Å². The van der Waals surface area contributed by atoms with Crippen molar-refractivity contribution in [2.75, 3.05) is 6.54 Å². The molecule has 29 heavy (non-hydrogen) atoms. The zero-order valence-corrected chi connectivity index (χ0v) is 16.1. The lowest BCUT2D eigenvalue weighted by Gasteiger charge is -2.15. The third-order valence-corrected chi connectivity index (χ3v) is 4.66. The SMILES string of the molecule is C[C@H](CNC(=O)/C(=C/c1cccc([N+](=O)[O-])c1)c1ccccc1)c1ccccc1. The van der Waals surface area contributed by atoms with Crippen molar-refractivity contribution in [1.82, 2.24) is 5.32 Å². The monoisotopic (exact) mass is 386 g/mol. The number of nitro groups is 1. The molecule has 1 N–H and O–H groups in total. The van der Waals surface area contributed by atoms with Crippen LogP contribution in [0.15, 0.2) is 84.9 Å². The molecular weight excluding hydrogens is 364 g/mol. The molecule has 0 bridgehead atoms. The number of carbonyl (C=O) groups excluding carboxylic acids is 1. The Morgan fingerprint density at radius 2 is 1.66 bits per heavy atom. The highest BCUT2D eigenvalue weighted by Gasteiger charge is 2.15. The van der Waals surface area contributed by atoms with E-state index in [0.717, 1.165) is 11.1 Å². The molecule has 0 aromatic heterocycles. The van der Waals surface area contributed by atoms with Crippen molar-refractivity contribution in [3.05, 3.63) is 112 Å². The number of non-ortho nitro benzene ring substituents is 1. The van der Waals surface area contributed by atoms with Gasteiger partial charge in [-0.2, -0.15) is 0 Å². The molecule has 0 saturated carbocycles. The lowest BCUT2D eigenvalue weighted by Crippen LogP contribution is -2.28. The van der Waals surface area contributed by atoms with E-state index < -0.39 is 4.92 Å². The average Bonchev–Trinajstić information content (AvgIpc) is 2.77. The lowest BCUT2D eigenvalue weighted by atomic mass is 9.99. The van der Waals surface area contributed by atoms with Gasteiger partial charge in [0.05, 0.1) is 4.92 Å². The van der Waals surface area contributed by atoms with Gasteiger partial charge in [-0.3, -0.25) is 14.9 Å². The van der Waals surface area contributed by atoms with Gasteiger partial charge in [-0.25, -0.2) is 0 Å². The average molecular weight is 386 g/mol. The molecule has 3 rings (SSSR count). The Bertz CT molecular complexity index is 1010. The van der Waals surface area contributed by atoms with Crippen LogP contribution in [0, 0.1) is 10.1 Å². The molecule has 0 unspecified atom stereocenters. The molecular formula is C24H22N2O3. The largest absolute Gasteiger partial charge is 0.351 e.